The third-order valence-corrected chi connectivity index (χ3v) is 2.75. The summed E-state index contributed by atoms with van der Waals surface area (Å²) in [6.45, 7) is 1.94. The molecule has 18 heavy (non-hydrogen) atoms. The molecule has 4 heteroatoms. The van der Waals surface area contributed by atoms with Crippen molar-refractivity contribution in [2.24, 2.45) is 0 Å². The van der Waals surface area contributed by atoms with Crippen LogP contribution in [0, 0.1) is 6.92 Å². The van der Waals surface area contributed by atoms with Crippen LogP contribution < -0.4 is 4.90 Å². The number of para-hydroxylation sites is 1. The average molecular weight is 242 g/mol. The Morgan fingerprint density at radius 3 is 2.67 bits per heavy atom. The lowest BCUT2D eigenvalue weighted by molar-refractivity contribution is 0.0992. The van der Waals surface area contributed by atoms with Crippen molar-refractivity contribution in [2.75, 3.05) is 11.9 Å². The summed E-state index contributed by atoms with van der Waals surface area (Å²) in [6, 6.07) is 9.03. The van der Waals surface area contributed by atoms with Crippen molar-refractivity contribution in [3.05, 3.63) is 53.9 Å². The predicted octanol–water partition coefficient (Wildman–Crippen LogP) is 2.37. The van der Waals surface area contributed by atoms with E-state index in [1.165, 1.54) is 18.5 Å². The van der Waals surface area contributed by atoms with Crippen LogP contribution in [0.4, 0.5) is 5.69 Å². The summed E-state index contributed by atoms with van der Waals surface area (Å²) in [5.74, 6) is -0.216. The molecule has 2 aromatic rings. The minimum Gasteiger partial charge on any atom is -0.506 e. The normalized spacial score (nSPS) is 10.1. The molecule has 1 aromatic carbocycles. The van der Waals surface area contributed by atoms with Crippen LogP contribution in [-0.4, -0.2) is 23.0 Å². The van der Waals surface area contributed by atoms with E-state index in [1.807, 2.05) is 31.2 Å². The largest absolute Gasteiger partial charge is 0.506 e. The lowest BCUT2D eigenvalue weighted by atomic mass is 10.1. The number of hydrogen-bond acceptors (Lipinski definition) is 3. The van der Waals surface area contributed by atoms with E-state index in [-0.39, 0.29) is 11.7 Å². The number of aromatic nitrogens is 1. The first-order valence-corrected chi connectivity index (χ1v) is 5.57. The number of aryl methyl sites for hydroxylation is 1. The van der Waals surface area contributed by atoms with Crippen molar-refractivity contribution in [3.63, 3.8) is 0 Å². The van der Waals surface area contributed by atoms with Gasteiger partial charge in [0.1, 0.15) is 5.75 Å². The van der Waals surface area contributed by atoms with Gasteiger partial charge in [0.25, 0.3) is 5.91 Å². The van der Waals surface area contributed by atoms with Gasteiger partial charge in [0.05, 0.1) is 11.8 Å². The SMILES string of the molecule is Cc1ccccc1N(C)C(=O)c1cncc(O)c1. The second-order valence-electron chi connectivity index (χ2n) is 4.08. The van der Waals surface area contributed by atoms with E-state index >= 15 is 0 Å². The predicted molar refractivity (Wildman–Crippen MR) is 69.8 cm³/mol. The maximum absolute atomic E-state index is 12.2. The van der Waals surface area contributed by atoms with Crippen molar-refractivity contribution in [3.8, 4) is 5.75 Å². The Bertz CT molecular complexity index is 582. The number of anilines is 1. The van der Waals surface area contributed by atoms with Crippen molar-refractivity contribution >= 4 is 11.6 Å². The highest BCUT2D eigenvalue weighted by molar-refractivity contribution is 6.06. The molecule has 0 saturated heterocycles. The molecule has 0 fully saturated rings. The molecule has 0 spiro atoms. The first-order valence-electron chi connectivity index (χ1n) is 5.57. The molecule has 0 radical (unpaired) electrons. The van der Waals surface area contributed by atoms with Crippen LogP contribution in [0.1, 0.15) is 15.9 Å². The Morgan fingerprint density at radius 2 is 2.00 bits per heavy atom. The van der Waals surface area contributed by atoms with Crippen LogP contribution in [0.5, 0.6) is 5.75 Å². The number of nitrogens with zero attached hydrogens (tertiary/aromatic N) is 2. The highest BCUT2D eigenvalue weighted by atomic mass is 16.3. The Balaban J connectivity index is 2.32. The Labute approximate surface area is 106 Å². The van der Waals surface area contributed by atoms with Gasteiger partial charge in [0.15, 0.2) is 0 Å². The molecule has 4 nitrogen and oxygen atoms in total. The molecule has 0 aliphatic heterocycles. The molecule has 2 rings (SSSR count). The van der Waals surface area contributed by atoms with Gasteiger partial charge in [-0.3, -0.25) is 9.78 Å². The summed E-state index contributed by atoms with van der Waals surface area (Å²) in [4.78, 5) is 17.6. The van der Waals surface area contributed by atoms with Gasteiger partial charge in [0, 0.05) is 18.9 Å². The third-order valence-electron chi connectivity index (χ3n) is 2.75. The van der Waals surface area contributed by atoms with E-state index in [2.05, 4.69) is 4.98 Å². The van der Waals surface area contributed by atoms with E-state index < -0.39 is 0 Å². The van der Waals surface area contributed by atoms with Crippen LogP contribution in [0.3, 0.4) is 0 Å². The quantitative estimate of drug-likeness (QED) is 0.879. The number of benzene rings is 1. The summed E-state index contributed by atoms with van der Waals surface area (Å²) in [5, 5.41) is 9.34. The molecule has 1 N–H and O–H groups in total. The maximum Gasteiger partial charge on any atom is 0.259 e. The van der Waals surface area contributed by atoms with Gasteiger partial charge in [-0.2, -0.15) is 0 Å². The maximum atomic E-state index is 12.2. The third kappa shape index (κ3) is 2.32. The Morgan fingerprint density at radius 1 is 1.28 bits per heavy atom. The summed E-state index contributed by atoms with van der Waals surface area (Å²) in [5.41, 5.74) is 2.22. The molecule has 0 saturated carbocycles. The molecule has 0 atom stereocenters. The fourth-order valence-corrected chi connectivity index (χ4v) is 1.79. The summed E-state index contributed by atoms with van der Waals surface area (Å²) in [6.07, 6.45) is 2.74. The molecular weight excluding hydrogens is 228 g/mol. The Hall–Kier alpha value is -2.36. The molecule has 1 aromatic heterocycles. The second-order valence-corrected chi connectivity index (χ2v) is 4.08. The number of aromatic hydroxyl groups is 1. The van der Waals surface area contributed by atoms with Crippen molar-refractivity contribution in [1.29, 1.82) is 0 Å². The zero-order chi connectivity index (χ0) is 13.1. The van der Waals surface area contributed by atoms with E-state index in [0.717, 1.165) is 11.3 Å². The van der Waals surface area contributed by atoms with Gasteiger partial charge in [-0.15, -0.1) is 0 Å². The zero-order valence-electron chi connectivity index (χ0n) is 10.3. The van der Waals surface area contributed by atoms with E-state index in [1.54, 1.807) is 11.9 Å². The Kier molecular flexibility index (Phi) is 3.28. The molecule has 1 heterocycles. The van der Waals surface area contributed by atoms with Crippen LogP contribution in [-0.2, 0) is 0 Å². The smallest absolute Gasteiger partial charge is 0.259 e. The van der Waals surface area contributed by atoms with Crippen LogP contribution in [0.15, 0.2) is 42.7 Å². The van der Waals surface area contributed by atoms with E-state index in [0.29, 0.717) is 5.56 Å². The number of carbonyl (C=O) groups is 1. The number of rotatable bonds is 2. The lowest BCUT2D eigenvalue weighted by Gasteiger charge is -2.19. The van der Waals surface area contributed by atoms with Crippen molar-refractivity contribution < 1.29 is 9.90 Å². The molecule has 0 bridgehead atoms. The molecule has 0 aliphatic carbocycles. The fraction of sp³-hybridized carbons (Fsp3) is 0.143. The summed E-state index contributed by atoms with van der Waals surface area (Å²) in [7, 11) is 1.70. The number of hydrogen-bond donors (Lipinski definition) is 1. The highest BCUT2D eigenvalue weighted by Gasteiger charge is 2.15. The first kappa shape index (κ1) is 12.1. The van der Waals surface area contributed by atoms with Crippen LogP contribution >= 0.6 is 0 Å². The first-order chi connectivity index (χ1) is 8.59. The summed E-state index contributed by atoms with van der Waals surface area (Å²) < 4.78 is 0. The number of amides is 1. The topological polar surface area (TPSA) is 53.4 Å². The minimum absolute atomic E-state index is 0.0148. The summed E-state index contributed by atoms with van der Waals surface area (Å²) >= 11 is 0. The molecular formula is C14H14N2O2. The van der Waals surface area contributed by atoms with Crippen molar-refractivity contribution in [2.45, 2.75) is 6.92 Å². The van der Waals surface area contributed by atoms with Gasteiger partial charge in [-0.1, -0.05) is 18.2 Å². The van der Waals surface area contributed by atoms with Crippen LogP contribution in [0.2, 0.25) is 0 Å². The fourth-order valence-electron chi connectivity index (χ4n) is 1.79. The van der Waals surface area contributed by atoms with Gasteiger partial charge in [0.2, 0.25) is 0 Å². The molecule has 0 unspecified atom stereocenters. The second kappa shape index (κ2) is 4.87. The highest BCUT2D eigenvalue weighted by Crippen LogP contribution is 2.20. The molecule has 92 valence electrons. The average Bonchev–Trinajstić information content (AvgIpc) is 2.37. The van der Waals surface area contributed by atoms with Crippen LogP contribution in [0.25, 0.3) is 0 Å². The lowest BCUT2D eigenvalue weighted by Crippen LogP contribution is -2.26. The van der Waals surface area contributed by atoms with E-state index in [9.17, 15) is 9.90 Å². The molecule has 0 aliphatic rings. The van der Waals surface area contributed by atoms with E-state index in [4.69, 9.17) is 0 Å². The number of pyridine rings is 1. The standard InChI is InChI=1S/C14H14N2O2/c1-10-5-3-4-6-13(10)16(2)14(18)11-7-12(17)9-15-8-11/h3-9,17H,1-2H3. The van der Waals surface area contributed by atoms with Gasteiger partial charge >= 0.3 is 0 Å². The minimum atomic E-state index is -0.201. The molecule has 1 amide bonds. The van der Waals surface area contributed by atoms with Gasteiger partial charge < -0.3 is 10.0 Å². The number of carbonyl (C=O) groups excluding carboxylic acids is 1. The monoisotopic (exact) mass is 242 g/mol. The van der Waals surface area contributed by atoms with Gasteiger partial charge in [-0.05, 0) is 24.6 Å². The van der Waals surface area contributed by atoms with Gasteiger partial charge in [-0.25, -0.2) is 0 Å². The van der Waals surface area contributed by atoms with Crippen molar-refractivity contribution in [1.82, 2.24) is 4.98 Å². The zero-order valence-corrected chi connectivity index (χ0v) is 10.3.